The third-order valence-corrected chi connectivity index (χ3v) is 2.30. The lowest BCUT2D eigenvalue weighted by atomic mass is 10.1. The number of phenolic OH excluding ortho intramolecular Hbond substituents is 1. The number of aromatic nitrogens is 1. The molecule has 0 fully saturated rings. The number of aliphatic hydroxyl groups is 1. The van der Waals surface area contributed by atoms with E-state index in [0.29, 0.717) is 5.56 Å². The Morgan fingerprint density at radius 1 is 1.43 bits per heavy atom. The van der Waals surface area contributed by atoms with Crippen LogP contribution in [0.15, 0.2) is 24.4 Å². The van der Waals surface area contributed by atoms with Gasteiger partial charge in [0.25, 0.3) is 0 Å². The molecule has 0 aliphatic carbocycles. The molecule has 0 amide bonds. The van der Waals surface area contributed by atoms with Crippen LogP contribution >= 0.6 is 0 Å². The first kappa shape index (κ1) is 9.05. The molecule has 0 saturated heterocycles. The molecule has 1 aromatic heterocycles. The second-order valence-electron chi connectivity index (χ2n) is 3.27. The van der Waals surface area contributed by atoms with Gasteiger partial charge in [-0.2, -0.15) is 0 Å². The SMILES string of the molecule is NC(CO)c1cc2[nH]ccc2cc1O. The molecule has 74 valence electrons. The second-order valence-corrected chi connectivity index (χ2v) is 3.27. The molecular weight excluding hydrogens is 180 g/mol. The molecule has 14 heavy (non-hydrogen) atoms. The van der Waals surface area contributed by atoms with E-state index in [9.17, 15) is 5.11 Å². The molecule has 1 atom stereocenters. The topological polar surface area (TPSA) is 82.3 Å². The first-order valence-corrected chi connectivity index (χ1v) is 4.39. The molecule has 1 aromatic carbocycles. The van der Waals surface area contributed by atoms with Gasteiger partial charge in [-0.25, -0.2) is 0 Å². The maximum Gasteiger partial charge on any atom is 0.121 e. The third kappa shape index (κ3) is 1.34. The maximum atomic E-state index is 9.62. The van der Waals surface area contributed by atoms with Gasteiger partial charge in [0, 0.05) is 22.7 Å². The van der Waals surface area contributed by atoms with E-state index in [0.717, 1.165) is 10.9 Å². The number of hydrogen-bond acceptors (Lipinski definition) is 3. The van der Waals surface area contributed by atoms with E-state index in [1.807, 2.05) is 6.07 Å². The van der Waals surface area contributed by atoms with Crippen molar-refractivity contribution >= 4 is 10.9 Å². The van der Waals surface area contributed by atoms with Gasteiger partial charge in [-0.3, -0.25) is 0 Å². The molecule has 0 spiro atoms. The van der Waals surface area contributed by atoms with Crippen LogP contribution < -0.4 is 5.73 Å². The molecule has 0 radical (unpaired) electrons. The third-order valence-electron chi connectivity index (χ3n) is 2.30. The average Bonchev–Trinajstić information content (AvgIpc) is 2.62. The highest BCUT2D eigenvalue weighted by Gasteiger charge is 2.11. The number of fused-ring (bicyclic) bond motifs is 1. The van der Waals surface area contributed by atoms with Crippen molar-refractivity contribution in [3.05, 3.63) is 30.0 Å². The molecule has 0 aliphatic heterocycles. The Morgan fingerprint density at radius 3 is 2.93 bits per heavy atom. The number of phenols is 1. The van der Waals surface area contributed by atoms with Crippen molar-refractivity contribution in [1.82, 2.24) is 4.98 Å². The van der Waals surface area contributed by atoms with E-state index in [2.05, 4.69) is 4.98 Å². The smallest absolute Gasteiger partial charge is 0.121 e. The molecule has 4 heteroatoms. The summed E-state index contributed by atoms with van der Waals surface area (Å²) >= 11 is 0. The van der Waals surface area contributed by atoms with Crippen LogP contribution in [0.4, 0.5) is 0 Å². The lowest BCUT2D eigenvalue weighted by Crippen LogP contribution is -2.14. The Labute approximate surface area is 81.0 Å². The Kier molecular flexibility index (Phi) is 2.15. The molecule has 0 saturated carbocycles. The standard InChI is InChI=1S/C10H12N2O2/c11-8(5-13)7-4-9-6(1-2-12-9)3-10(7)14/h1-4,8,12-14H,5,11H2. The molecule has 1 unspecified atom stereocenters. The van der Waals surface area contributed by atoms with Crippen LogP contribution in [-0.4, -0.2) is 21.8 Å². The number of aliphatic hydroxyl groups excluding tert-OH is 1. The van der Waals surface area contributed by atoms with E-state index in [1.165, 1.54) is 0 Å². The number of nitrogens with one attached hydrogen (secondary N) is 1. The van der Waals surface area contributed by atoms with E-state index in [4.69, 9.17) is 10.8 Å². The first-order valence-electron chi connectivity index (χ1n) is 4.39. The van der Waals surface area contributed by atoms with E-state index < -0.39 is 6.04 Å². The fourth-order valence-electron chi connectivity index (χ4n) is 1.50. The normalized spacial score (nSPS) is 13.3. The highest BCUT2D eigenvalue weighted by molar-refractivity contribution is 5.82. The summed E-state index contributed by atoms with van der Waals surface area (Å²) in [6.45, 7) is -0.181. The largest absolute Gasteiger partial charge is 0.508 e. The van der Waals surface area contributed by atoms with E-state index in [1.54, 1.807) is 18.3 Å². The Morgan fingerprint density at radius 2 is 2.21 bits per heavy atom. The molecule has 0 aliphatic rings. The Hall–Kier alpha value is -1.52. The zero-order valence-corrected chi connectivity index (χ0v) is 7.57. The van der Waals surface area contributed by atoms with Gasteiger partial charge in [-0.05, 0) is 18.2 Å². The highest BCUT2D eigenvalue weighted by atomic mass is 16.3. The first-order chi connectivity index (χ1) is 6.72. The van der Waals surface area contributed by atoms with Gasteiger partial charge in [-0.15, -0.1) is 0 Å². The summed E-state index contributed by atoms with van der Waals surface area (Å²) in [6.07, 6.45) is 1.79. The van der Waals surface area contributed by atoms with Crippen LogP contribution in [0, 0.1) is 0 Å². The van der Waals surface area contributed by atoms with Gasteiger partial charge < -0.3 is 20.9 Å². The van der Waals surface area contributed by atoms with Crippen LogP contribution in [0.25, 0.3) is 10.9 Å². The zero-order chi connectivity index (χ0) is 10.1. The zero-order valence-electron chi connectivity index (χ0n) is 7.57. The summed E-state index contributed by atoms with van der Waals surface area (Å²) < 4.78 is 0. The lowest BCUT2D eigenvalue weighted by molar-refractivity contribution is 0.265. The molecular formula is C10H12N2O2. The number of rotatable bonds is 2. The fraction of sp³-hybridized carbons (Fsp3) is 0.200. The summed E-state index contributed by atoms with van der Waals surface area (Å²) in [5, 5.41) is 19.4. The minimum absolute atomic E-state index is 0.124. The predicted octanol–water partition coefficient (Wildman–Crippen LogP) is 0.866. The summed E-state index contributed by atoms with van der Waals surface area (Å²) in [7, 11) is 0. The summed E-state index contributed by atoms with van der Waals surface area (Å²) in [4.78, 5) is 3.02. The second kappa shape index (κ2) is 3.32. The van der Waals surface area contributed by atoms with Crippen molar-refractivity contribution in [2.75, 3.05) is 6.61 Å². The van der Waals surface area contributed by atoms with Crippen molar-refractivity contribution in [3.8, 4) is 5.75 Å². The maximum absolute atomic E-state index is 9.62. The van der Waals surface area contributed by atoms with Crippen molar-refractivity contribution in [3.63, 3.8) is 0 Å². The monoisotopic (exact) mass is 192 g/mol. The van der Waals surface area contributed by atoms with Crippen molar-refractivity contribution in [2.45, 2.75) is 6.04 Å². The number of benzene rings is 1. The molecule has 4 nitrogen and oxygen atoms in total. The fourth-order valence-corrected chi connectivity index (χ4v) is 1.50. The van der Waals surface area contributed by atoms with Gasteiger partial charge in [-0.1, -0.05) is 0 Å². The summed E-state index contributed by atoms with van der Waals surface area (Å²) in [6, 6.07) is 4.72. The number of hydrogen-bond donors (Lipinski definition) is 4. The number of nitrogens with two attached hydrogens (primary N) is 1. The Balaban J connectivity index is 2.58. The van der Waals surface area contributed by atoms with Gasteiger partial charge in [0.15, 0.2) is 0 Å². The molecule has 2 rings (SSSR count). The number of aromatic amines is 1. The average molecular weight is 192 g/mol. The summed E-state index contributed by atoms with van der Waals surface area (Å²) in [5.41, 5.74) is 7.09. The minimum Gasteiger partial charge on any atom is -0.508 e. The molecule has 2 aromatic rings. The van der Waals surface area contributed by atoms with Gasteiger partial charge in [0.05, 0.1) is 12.6 Å². The van der Waals surface area contributed by atoms with Crippen LogP contribution in [0.1, 0.15) is 11.6 Å². The Bertz CT molecular complexity index is 450. The molecule has 5 N–H and O–H groups in total. The van der Waals surface area contributed by atoms with Crippen molar-refractivity contribution in [1.29, 1.82) is 0 Å². The van der Waals surface area contributed by atoms with Gasteiger partial charge in [0.1, 0.15) is 5.75 Å². The summed E-state index contributed by atoms with van der Waals surface area (Å²) in [5.74, 6) is 0.124. The van der Waals surface area contributed by atoms with Crippen LogP contribution in [0.5, 0.6) is 5.75 Å². The predicted molar refractivity (Wildman–Crippen MR) is 54.0 cm³/mol. The van der Waals surface area contributed by atoms with Gasteiger partial charge >= 0.3 is 0 Å². The van der Waals surface area contributed by atoms with Crippen LogP contribution in [0.3, 0.4) is 0 Å². The van der Waals surface area contributed by atoms with E-state index >= 15 is 0 Å². The number of aromatic hydroxyl groups is 1. The molecule has 0 bridgehead atoms. The van der Waals surface area contributed by atoms with E-state index in [-0.39, 0.29) is 12.4 Å². The quantitative estimate of drug-likeness (QED) is 0.569. The van der Waals surface area contributed by atoms with Crippen LogP contribution in [-0.2, 0) is 0 Å². The molecule has 1 heterocycles. The number of H-pyrrole nitrogens is 1. The van der Waals surface area contributed by atoms with Crippen molar-refractivity contribution < 1.29 is 10.2 Å². The van der Waals surface area contributed by atoms with Crippen LogP contribution in [0.2, 0.25) is 0 Å². The minimum atomic E-state index is -0.539. The van der Waals surface area contributed by atoms with Gasteiger partial charge in [0.2, 0.25) is 0 Å². The highest BCUT2D eigenvalue weighted by Crippen LogP contribution is 2.27. The van der Waals surface area contributed by atoms with Crippen molar-refractivity contribution in [2.24, 2.45) is 5.73 Å². The lowest BCUT2D eigenvalue weighted by Gasteiger charge is -2.10.